The molecule has 1 N–H and O–H groups in total. The van der Waals surface area contributed by atoms with Gasteiger partial charge in [-0.2, -0.15) is 0 Å². The Morgan fingerprint density at radius 1 is 1.00 bits per heavy atom. The summed E-state index contributed by atoms with van der Waals surface area (Å²) in [6.45, 7) is 3.93. The normalized spacial score (nSPS) is 10.1. The number of anilines is 1. The maximum Gasteiger partial charge on any atom is 0.259 e. The van der Waals surface area contributed by atoms with Crippen molar-refractivity contribution in [2.24, 2.45) is 0 Å². The topological polar surface area (TPSA) is 47.6 Å². The molecule has 2 rings (SSSR count). The number of aryl methyl sites for hydroxylation is 2. The van der Waals surface area contributed by atoms with Crippen LogP contribution in [0, 0.1) is 13.8 Å². The SMILES string of the molecule is COc1ccc(OC)c(C(=O)Nc2c(C)cccc2C)c1. The van der Waals surface area contributed by atoms with Crippen molar-refractivity contribution in [1.29, 1.82) is 0 Å². The summed E-state index contributed by atoms with van der Waals surface area (Å²) in [6, 6.07) is 11.0. The Labute approximate surface area is 124 Å². The number of methoxy groups -OCH3 is 2. The van der Waals surface area contributed by atoms with E-state index < -0.39 is 0 Å². The molecule has 0 saturated heterocycles. The first-order valence-electron chi connectivity index (χ1n) is 6.66. The second-order valence-electron chi connectivity index (χ2n) is 4.79. The fourth-order valence-corrected chi connectivity index (χ4v) is 2.18. The Balaban J connectivity index is 2.36. The van der Waals surface area contributed by atoms with Gasteiger partial charge in [0.25, 0.3) is 5.91 Å². The van der Waals surface area contributed by atoms with E-state index in [2.05, 4.69) is 5.32 Å². The average molecular weight is 285 g/mol. The van der Waals surface area contributed by atoms with Crippen molar-refractivity contribution >= 4 is 11.6 Å². The van der Waals surface area contributed by atoms with Gasteiger partial charge in [-0.3, -0.25) is 4.79 Å². The van der Waals surface area contributed by atoms with E-state index in [0.29, 0.717) is 17.1 Å². The van der Waals surface area contributed by atoms with Gasteiger partial charge in [0.1, 0.15) is 11.5 Å². The monoisotopic (exact) mass is 285 g/mol. The molecular formula is C17H19NO3. The number of hydrogen-bond donors (Lipinski definition) is 1. The van der Waals surface area contributed by atoms with Crippen LogP contribution in [0.3, 0.4) is 0 Å². The Hall–Kier alpha value is -2.49. The molecule has 4 nitrogen and oxygen atoms in total. The van der Waals surface area contributed by atoms with E-state index in [9.17, 15) is 4.79 Å². The van der Waals surface area contributed by atoms with Gasteiger partial charge in [-0.25, -0.2) is 0 Å². The minimum Gasteiger partial charge on any atom is -0.497 e. The van der Waals surface area contributed by atoms with Crippen LogP contribution in [0.4, 0.5) is 5.69 Å². The molecular weight excluding hydrogens is 266 g/mol. The molecule has 0 atom stereocenters. The van der Waals surface area contributed by atoms with Gasteiger partial charge in [0.15, 0.2) is 0 Å². The molecule has 4 heteroatoms. The number of carbonyl (C=O) groups excluding carboxylic acids is 1. The summed E-state index contributed by atoms with van der Waals surface area (Å²) in [6.07, 6.45) is 0. The minimum atomic E-state index is -0.219. The summed E-state index contributed by atoms with van der Waals surface area (Å²) in [5.41, 5.74) is 3.31. The van der Waals surface area contributed by atoms with E-state index in [1.165, 1.54) is 7.11 Å². The highest BCUT2D eigenvalue weighted by Crippen LogP contribution is 2.26. The summed E-state index contributed by atoms with van der Waals surface area (Å²) in [7, 11) is 3.10. The van der Waals surface area contributed by atoms with Crippen LogP contribution in [0.2, 0.25) is 0 Å². The summed E-state index contributed by atoms with van der Waals surface area (Å²) >= 11 is 0. The van der Waals surface area contributed by atoms with Gasteiger partial charge >= 0.3 is 0 Å². The molecule has 0 spiro atoms. The average Bonchev–Trinajstić information content (AvgIpc) is 2.50. The number of nitrogens with one attached hydrogen (secondary N) is 1. The minimum absolute atomic E-state index is 0.219. The van der Waals surface area contributed by atoms with Gasteiger partial charge in [0, 0.05) is 5.69 Å². The van der Waals surface area contributed by atoms with Crippen LogP contribution in [-0.4, -0.2) is 20.1 Å². The van der Waals surface area contributed by atoms with Crippen molar-refractivity contribution < 1.29 is 14.3 Å². The van der Waals surface area contributed by atoms with Gasteiger partial charge in [-0.05, 0) is 43.2 Å². The molecule has 0 aromatic heterocycles. The summed E-state index contributed by atoms with van der Waals surface area (Å²) < 4.78 is 10.4. The lowest BCUT2D eigenvalue weighted by Crippen LogP contribution is -2.15. The van der Waals surface area contributed by atoms with Gasteiger partial charge in [-0.15, -0.1) is 0 Å². The van der Waals surface area contributed by atoms with Crippen LogP contribution in [0.1, 0.15) is 21.5 Å². The fraction of sp³-hybridized carbons (Fsp3) is 0.235. The van der Waals surface area contributed by atoms with Gasteiger partial charge in [0.05, 0.1) is 19.8 Å². The summed E-state index contributed by atoms with van der Waals surface area (Å²) in [4.78, 5) is 12.5. The molecule has 0 radical (unpaired) electrons. The highest BCUT2D eigenvalue weighted by Gasteiger charge is 2.15. The molecule has 2 aromatic rings. The van der Waals surface area contributed by atoms with Crippen LogP contribution in [0.5, 0.6) is 11.5 Å². The molecule has 0 aliphatic heterocycles. The maximum atomic E-state index is 12.5. The predicted octanol–water partition coefficient (Wildman–Crippen LogP) is 3.57. The number of benzene rings is 2. The van der Waals surface area contributed by atoms with E-state index in [0.717, 1.165) is 16.8 Å². The van der Waals surface area contributed by atoms with Crippen molar-refractivity contribution in [2.45, 2.75) is 13.8 Å². The van der Waals surface area contributed by atoms with Crippen LogP contribution in [0.25, 0.3) is 0 Å². The molecule has 1 amide bonds. The van der Waals surface area contributed by atoms with Crippen molar-refractivity contribution in [3.8, 4) is 11.5 Å². The zero-order chi connectivity index (χ0) is 15.4. The Bertz CT molecular complexity index is 645. The van der Waals surface area contributed by atoms with Crippen LogP contribution >= 0.6 is 0 Å². The van der Waals surface area contributed by atoms with E-state index in [1.807, 2.05) is 32.0 Å². The third-order valence-corrected chi connectivity index (χ3v) is 3.37. The van der Waals surface area contributed by atoms with Gasteiger partial charge in [0.2, 0.25) is 0 Å². The lowest BCUT2D eigenvalue weighted by molar-refractivity contribution is 0.102. The predicted molar refractivity (Wildman–Crippen MR) is 83.4 cm³/mol. The lowest BCUT2D eigenvalue weighted by atomic mass is 10.1. The van der Waals surface area contributed by atoms with Crippen LogP contribution in [-0.2, 0) is 0 Å². The Morgan fingerprint density at radius 2 is 1.67 bits per heavy atom. The highest BCUT2D eigenvalue weighted by atomic mass is 16.5. The van der Waals surface area contributed by atoms with Crippen molar-refractivity contribution in [2.75, 3.05) is 19.5 Å². The number of amides is 1. The zero-order valence-electron chi connectivity index (χ0n) is 12.7. The largest absolute Gasteiger partial charge is 0.497 e. The van der Waals surface area contributed by atoms with Crippen LogP contribution in [0.15, 0.2) is 36.4 Å². The second-order valence-corrected chi connectivity index (χ2v) is 4.79. The first-order valence-corrected chi connectivity index (χ1v) is 6.66. The van der Waals surface area contributed by atoms with Crippen LogP contribution < -0.4 is 14.8 Å². The number of hydrogen-bond acceptors (Lipinski definition) is 3. The third-order valence-electron chi connectivity index (χ3n) is 3.37. The smallest absolute Gasteiger partial charge is 0.259 e. The first-order chi connectivity index (χ1) is 10.1. The molecule has 0 aliphatic rings. The van der Waals surface area contributed by atoms with Crippen molar-refractivity contribution in [1.82, 2.24) is 0 Å². The van der Waals surface area contributed by atoms with E-state index >= 15 is 0 Å². The molecule has 0 fully saturated rings. The molecule has 110 valence electrons. The van der Waals surface area contributed by atoms with E-state index in [1.54, 1.807) is 25.3 Å². The number of carbonyl (C=O) groups is 1. The zero-order valence-corrected chi connectivity index (χ0v) is 12.7. The Kier molecular flexibility index (Phi) is 4.48. The summed E-state index contributed by atoms with van der Waals surface area (Å²) in [5.74, 6) is 0.908. The standard InChI is InChI=1S/C17H19NO3/c1-11-6-5-7-12(2)16(11)18-17(19)14-10-13(20-3)8-9-15(14)21-4/h5-10H,1-4H3,(H,18,19). The number of rotatable bonds is 4. The highest BCUT2D eigenvalue weighted by molar-refractivity contribution is 6.07. The molecule has 21 heavy (non-hydrogen) atoms. The quantitative estimate of drug-likeness (QED) is 0.934. The molecule has 0 aliphatic carbocycles. The molecule has 2 aromatic carbocycles. The Morgan fingerprint density at radius 3 is 2.24 bits per heavy atom. The fourth-order valence-electron chi connectivity index (χ4n) is 2.18. The number of para-hydroxylation sites is 1. The first kappa shape index (κ1) is 14.9. The van der Waals surface area contributed by atoms with E-state index in [-0.39, 0.29) is 5.91 Å². The molecule has 0 unspecified atom stereocenters. The van der Waals surface area contributed by atoms with Gasteiger partial charge in [-0.1, -0.05) is 18.2 Å². The number of ether oxygens (including phenoxy) is 2. The molecule has 0 heterocycles. The lowest BCUT2D eigenvalue weighted by Gasteiger charge is -2.14. The molecule has 0 bridgehead atoms. The second kappa shape index (κ2) is 6.31. The summed E-state index contributed by atoms with van der Waals surface area (Å²) in [5, 5.41) is 2.95. The maximum absolute atomic E-state index is 12.5. The van der Waals surface area contributed by atoms with E-state index in [4.69, 9.17) is 9.47 Å². The third kappa shape index (κ3) is 3.16. The van der Waals surface area contributed by atoms with Crippen molar-refractivity contribution in [3.05, 3.63) is 53.1 Å². The van der Waals surface area contributed by atoms with Gasteiger partial charge < -0.3 is 14.8 Å². The molecule has 0 saturated carbocycles. The van der Waals surface area contributed by atoms with Crippen molar-refractivity contribution in [3.63, 3.8) is 0 Å².